The van der Waals surface area contributed by atoms with Crippen LogP contribution in [0.5, 0.6) is 0 Å². The smallest absolute Gasteiger partial charge is 0.185 e. The lowest BCUT2D eigenvalue weighted by Gasteiger charge is -2.26. The first kappa shape index (κ1) is 14.0. The Labute approximate surface area is 130 Å². The number of morpholine rings is 1. The maximum atomic E-state index is 5.46. The fourth-order valence-corrected chi connectivity index (χ4v) is 4.56. The van der Waals surface area contributed by atoms with E-state index in [4.69, 9.17) is 9.72 Å². The second kappa shape index (κ2) is 6.23. The van der Waals surface area contributed by atoms with E-state index in [0.717, 1.165) is 44.8 Å². The minimum absolute atomic E-state index is 0.742. The molecule has 0 unspecified atom stereocenters. The van der Waals surface area contributed by atoms with Gasteiger partial charge in [0.2, 0.25) is 0 Å². The molecule has 1 aliphatic heterocycles. The lowest BCUT2D eigenvalue weighted by Crippen LogP contribution is -2.36. The summed E-state index contributed by atoms with van der Waals surface area (Å²) in [6.07, 6.45) is 8.18. The molecule has 1 aromatic rings. The maximum Gasteiger partial charge on any atom is 0.185 e. The summed E-state index contributed by atoms with van der Waals surface area (Å²) in [5, 5.41) is 4.99. The molecular weight excluding hydrogens is 282 g/mol. The van der Waals surface area contributed by atoms with Crippen LogP contribution < -0.4 is 10.2 Å². The molecule has 21 heavy (non-hydrogen) atoms. The molecule has 4 nitrogen and oxygen atoms in total. The predicted molar refractivity (Wildman–Crippen MR) is 86.2 cm³/mol. The van der Waals surface area contributed by atoms with E-state index in [-0.39, 0.29) is 0 Å². The zero-order valence-electron chi connectivity index (χ0n) is 12.6. The molecule has 2 aliphatic carbocycles. The van der Waals surface area contributed by atoms with E-state index in [1.807, 2.05) is 11.3 Å². The molecule has 3 aliphatic rings. The first-order valence-corrected chi connectivity index (χ1v) is 9.27. The predicted octanol–water partition coefficient (Wildman–Crippen LogP) is 2.89. The van der Waals surface area contributed by atoms with Gasteiger partial charge < -0.3 is 15.0 Å². The van der Waals surface area contributed by atoms with Gasteiger partial charge in [-0.15, -0.1) is 11.3 Å². The Kier molecular flexibility index (Phi) is 4.14. The number of nitrogens with one attached hydrogen (secondary N) is 1. The van der Waals surface area contributed by atoms with Crippen LogP contribution in [0.25, 0.3) is 0 Å². The molecule has 1 aromatic heterocycles. The Morgan fingerprint density at radius 2 is 1.90 bits per heavy atom. The van der Waals surface area contributed by atoms with Gasteiger partial charge in [-0.3, -0.25) is 0 Å². The summed E-state index contributed by atoms with van der Waals surface area (Å²) in [5.74, 6) is 0.747. The monoisotopic (exact) mass is 307 g/mol. The minimum atomic E-state index is 0.742. The lowest BCUT2D eigenvalue weighted by molar-refractivity contribution is 0.122. The highest BCUT2D eigenvalue weighted by molar-refractivity contribution is 7.15. The van der Waals surface area contributed by atoms with Gasteiger partial charge in [0.25, 0.3) is 0 Å². The third-order valence-corrected chi connectivity index (χ3v) is 6.00. The molecule has 0 aromatic carbocycles. The zero-order chi connectivity index (χ0) is 14.1. The molecule has 0 spiro atoms. The molecule has 5 heteroatoms. The Balaban J connectivity index is 1.46. The first-order chi connectivity index (χ1) is 10.4. The standard InChI is InChI=1S/C16H25N3OS/c1-2-4-13(3-1)17-11-14-15(12-5-6-12)18-16(21-14)19-7-9-20-10-8-19/h12-13,17H,1-11H2. The third-order valence-electron chi connectivity index (χ3n) is 4.87. The number of hydrogen-bond acceptors (Lipinski definition) is 5. The van der Waals surface area contributed by atoms with Crippen LogP contribution in [0.3, 0.4) is 0 Å². The fraction of sp³-hybridized carbons (Fsp3) is 0.812. The van der Waals surface area contributed by atoms with E-state index in [1.54, 1.807) is 0 Å². The molecule has 2 heterocycles. The van der Waals surface area contributed by atoms with Crippen molar-refractivity contribution in [2.45, 2.75) is 57.0 Å². The average molecular weight is 307 g/mol. The fourth-order valence-electron chi connectivity index (χ4n) is 3.41. The summed E-state index contributed by atoms with van der Waals surface area (Å²) in [6, 6.07) is 0.742. The van der Waals surface area contributed by atoms with Crippen LogP contribution in [0.1, 0.15) is 55.0 Å². The number of nitrogens with zero attached hydrogens (tertiary/aromatic N) is 2. The molecule has 0 bridgehead atoms. The van der Waals surface area contributed by atoms with Crippen molar-refractivity contribution in [2.24, 2.45) is 0 Å². The van der Waals surface area contributed by atoms with Gasteiger partial charge in [-0.2, -0.15) is 0 Å². The second-order valence-electron chi connectivity index (χ2n) is 6.54. The number of anilines is 1. The summed E-state index contributed by atoms with van der Waals surface area (Å²) in [5.41, 5.74) is 1.40. The van der Waals surface area contributed by atoms with Gasteiger partial charge in [0, 0.05) is 36.5 Å². The van der Waals surface area contributed by atoms with Crippen LogP contribution in [0, 0.1) is 0 Å². The summed E-state index contributed by atoms with van der Waals surface area (Å²) < 4.78 is 5.46. The van der Waals surface area contributed by atoms with Gasteiger partial charge in [0.05, 0.1) is 18.9 Å². The summed E-state index contributed by atoms with van der Waals surface area (Å²) in [4.78, 5) is 8.88. The molecule has 0 amide bonds. The van der Waals surface area contributed by atoms with E-state index < -0.39 is 0 Å². The van der Waals surface area contributed by atoms with Crippen LogP contribution in [0.4, 0.5) is 5.13 Å². The molecule has 0 radical (unpaired) electrons. The van der Waals surface area contributed by atoms with Crippen LogP contribution >= 0.6 is 11.3 Å². The van der Waals surface area contributed by atoms with Gasteiger partial charge in [0.1, 0.15) is 0 Å². The first-order valence-electron chi connectivity index (χ1n) is 8.46. The van der Waals surface area contributed by atoms with Crippen molar-refractivity contribution >= 4 is 16.5 Å². The highest BCUT2D eigenvalue weighted by Crippen LogP contribution is 2.44. The van der Waals surface area contributed by atoms with E-state index >= 15 is 0 Å². The maximum absolute atomic E-state index is 5.46. The minimum Gasteiger partial charge on any atom is -0.378 e. The normalized spacial score (nSPS) is 23.9. The molecule has 4 rings (SSSR count). The van der Waals surface area contributed by atoms with Crippen molar-refractivity contribution in [3.8, 4) is 0 Å². The highest BCUT2D eigenvalue weighted by Gasteiger charge is 2.31. The quantitative estimate of drug-likeness (QED) is 0.907. The second-order valence-corrected chi connectivity index (χ2v) is 7.60. The summed E-state index contributed by atoms with van der Waals surface area (Å²) in [6.45, 7) is 4.70. The molecule has 1 N–H and O–H groups in total. The van der Waals surface area contributed by atoms with Crippen molar-refractivity contribution in [2.75, 3.05) is 31.2 Å². The molecule has 3 fully saturated rings. The van der Waals surface area contributed by atoms with Gasteiger partial charge in [0.15, 0.2) is 5.13 Å². The van der Waals surface area contributed by atoms with Crippen LogP contribution in [0.15, 0.2) is 0 Å². The number of aromatic nitrogens is 1. The van der Waals surface area contributed by atoms with E-state index in [0.29, 0.717) is 0 Å². The Morgan fingerprint density at radius 3 is 2.62 bits per heavy atom. The van der Waals surface area contributed by atoms with Gasteiger partial charge >= 0.3 is 0 Å². The van der Waals surface area contributed by atoms with Gasteiger partial charge in [-0.05, 0) is 25.7 Å². The zero-order valence-corrected chi connectivity index (χ0v) is 13.5. The lowest BCUT2D eigenvalue weighted by atomic mass is 10.2. The molecule has 116 valence electrons. The van der Waals surface area contributed by atoms with Crippen molar-refractivity contribution in [3.05, 3.63) is 10.6 Å². The van der Waals surface area contributed by atoms with E-state index in [2.05, 4.69) is 10.2 Å². The SMILES string of the molecule is C1CCC(NCc2sc(N3CCOCC3)nc2C2CC2)C1. The number of rotatable bonds is 5. The van der Waals surface area contributed by atoms with E-state index in [1.165, 1.54) is 54.2 Å². The Hall–Kier alpha value is -0.650. The van der Waals surface area contributed by atoms with Crippen LogP contribution in [-0.2, 0) is 11.3 Å². The third kappa shape index (κ3) is 3.25. The van der Waals surface area contributed by atoms with Crippen LogP contribution in [0.2, 0.25) is 0 Å². The average Bonchev–Trinajstić information content (AvgIpc) is 3.08. The van der Waals surface area contributed by atoms with E-state index in [9.17, 15) is 0 Å². The van der Waals surface area contributed by atoms with Crippen molar-refractivity contribution in [1.82, 2.24) is 10.3 Å². The molecule has 2 saturated carbocycles. The Bertz CT molecular complexity index is 474. The van der Waals surface area contributed by atoms with Crippen LogP contribution in [-0.4, -0.2) is 37.3 Å². The summed E-state index contributed by atoms with van der Waals surface area (Å²) >= 11 is 1.91. The van der Waals surface area contributed by atoms with Gasteiger partial charge in [-0.1, -0.05) is 12.8 Å². The van der Waals surface area contributed by atoms with Gasteiger partial charge in [-0.25, -0.2) is 4.98 Å². The molecule has 1 saturated heterocycles. The number of hydrogen-bond donors (Lipinski definition) is 1. The van der Waals surface area contributed by atoms with Crippen molar-refractivity contribution < 1.29 is 4.74 Å². The highest BCUT2D eigenvalue weighted by atomic mass is 32.1. The number of thiazole rings is 1. The van der Waals surface area contributed by atoms with Crippen molar-refractivity contribution in [1.29, 1.82) is 0 Å². The molecular formula is C16H25N3OS. The summed E-state index contributed by atoms with van der Waals surface area (Å²) in [7, 11) is 0. The largest absolute Gasteiger partial charge is 0.378 e. The Morgan fingerprint density at radius 1 is 1.14 bits per heavy atom. The molecule has 0 atom stereocenters. The topological polar surface area (TPSA) is 37.4 Å². The van der Waals surface area contributed by atoms with Crippen molar-refractivity contribution in [3.63, 3.8) is 0 Å². The number of ether oxygens (including phenoxy) is 1.